The minimum atomic E-state index is -1.74. The van der Waals surface area contributed by atoms with Crippen LogP contribution in [0.5, 0.6) is 0 Å². The highest BCUT2D eigenvalue weighted by atomic mass is 28.4. The molecule has 2 heteroatoms. The first-order valence-electron chi connectivity index (χ1n) is 15.1. The molecule has 0 bridgehead atoms. The molecule has 0 radical (unpaired) electrons. The molecule has 2 unspecified atom stereocenters. The molecule has 6 atom stereocenters. The van der Waals surface area contributed by atoms with Crippen molar-refractivity contribution in [2.75, 3.05) is 0 Å². The molecule has 3 aliphatic carbocycles. The van der Waals surface area contributed by atoms with E-state index < -0.39 is 8.32 Å². The number of fused-ring (bicyclic) bond motifs is 1. The number of rotatable bonds is 7. The molecule has 204 valence electrons. The van der Waals surface area contributed by atoms with Crippen LogP contribution < -0.4 is 0 Å². The van der Waals surface area contributed by atoms with E-state index in [1.54, 1.807) is 5.57 Å². The van der Waals surface area contributed by atoms with Crippen LogP contribution in [0.4, 0.5) is 0 Å². The molecule has 0 heterocycles. The van der Waals surface area contributed by atoms with Crippen LogP contribution >= 0.6 is 0 Å². The third kappa shape index (κ3) is 6.58. The Morgan fingerprint density at radius 1 is 1.00 bits per heavy atom. The Kier molecular flexibility index (Phi) is 9.47. The average Bonchev–Trinajstić information content (AvgIpc) is 3.14. The van der Waals surface area contributed by atoms with Crippen LogP contribution in [-0.4, -0.2) is 14.4 Å². The first-order chi connectivity index (χ1) is 16.7. The number of allylic oxidation sites excluding steroid dienone is 6. The van der Waals surface area contributed by atoms with E-state index in [2.05, 4.69) is 99.4 Å². The number of hydrogen-bond donors (Lipinski definition) is 0. The molecule has 0 aromatic heterocycles. The molecule has 0 N–H and O–H groups in total. The maximum atomic E-state index is 6.82. The highest BCUT2D eigenvalue weighted by Gasteiger charge is 2.50. The summed E-state index contributed by atoms with van der Waals surface area (Å²) in [5, 5.41) is 0.262. The zero-order valence-electron chi connectivity index (χ0n) is 25.5. The quantitative estimate of drug-likeness (QED) is 0.244. The van der Waals surface area contributed by atoms with Crippen molar-refractivity contribution >= 4 is 8.32 Å². The summed E-state index contributed by atoms with van der Waals surface area (Å²) < 4.78 is 6.82. The van der Waals surface area contributed by atoms with Crippen molar-refractivity contribution in [3.63, 3.8) is 0 Å². The van der Waals surface area contributed by atoms with Crippen LogP contribution in [0.1, 0.15) is 107 Å². The van der Waals surface area contributed by atoms with Gasteiger partial charge in [0.2, 0.25) is 0 Å². The first-order valence-corrected chi connectivity index (χ1v) is 18.0. The molecule has 36 heavy (non-hydrogen) atoms. The summed E-state index contributed by atoms with van der Waals surface area (Å²) >= 11 is 0. The lowest BCUT2D eigenvalue weighted by molar-refractivity contribution is 0.112. The molecule has 3 saturated carbocycles. The van der Waals surface area contributed by atoms with Crippen molar-refractivity contribution < 1.29 is 4.43 Å². The monoisotopic (exact) mass is 510 g/mol. The lowest BCUT2D eigenvalue weighted by Crippen LogP contribution is -2.44. The van der Waals surface area contributed by atoms with Gasteiger partial charge in [-0.05, 0) is 110 Å². The lowest BCUT2D eigenvalue weighted by Gasteiger charge is -2.44. The summed E-state index contributed by atoms with van der Waals surface area (Å²) in [5.74, 6) is 3.62. The van der Waals surface area contributed by atoms with Crippen molar-refractivity contribution in [2.24, 2.45) is 35.0 Å². The maximum absolute atomic E-state index is 6.82. The van der Waals surface area contributed by atoms with Gasteiger partial charge in [-0.3, -0.25) is 0 Å². The van der Waals surface area contributed by atoms with Crippen LogP contribution in [-0.2, 0) is 4.43 Å². The third-order valence-electron chi connectivity index (χ3n) is 10.9. The van der Waals surface area contributed by atoms with Gasteiger partial charge in [-0.25, -0.2) is 0 Å². The van der Waals surface area contributed by atoms with Gasteiger partial charge >= 0.3 is 0 Å². The van der Waals surface area contributed by atoms with Gasteiger partial charge < -0.3 is 4.43 Å². The largest absolute Gasteiger partial charge is 0.414 e. The predicted octanol–water partition coefficient (Wildman–Crippen LogP) is 10.7. The molecule has 3 aliphatic rings. The Balaban J connectivity index is 1.73. The van der Waals surface area contributed by atoms with E-state index >= 15 is 0 Å². The minimum Gasteiger partial charge on any atom is -0.414 e. The van der Waals surface area contributed by atoms with Gasteiger partial charge in [0, 0.05) is 6.10 Å². The van der Waals surface area contributed by atoms with Gasteiger partial charge in [0.05, 0.1) is 0 Å². The number of hydrogen-bond acceptors (Lipinski definition) is 1. The Hall–Kier alpha value is -0.863. The van der Waals surface area contributed by atoms with Crippen LogP contribution in [0.25, 0.3) is 0 Å². The van der Waals surface area contributed by atoms with E-state index in [4.69, 9.17) is 4.43 Å². The Labute approximate surface area is 226 Å². The van der Waals surface area contributed by atoms with E-state index in [0.29, 0.717) is 23.4 Å². The summed E-state index contributed by atoms with van der Waals surface area (Å²) in [6.07, 6.45) is 20.4. The molecule has 0 saturated heterocycles. The second-order valence-corrected chi connectivity index (χ2v) is 19.5. The van der Waals surface area contributed by atoms with Crippen molar-refractivity contribution in [3.05, 3.63) is 47.6 Å². The smallest absolute Gasteiger partial charge is 0.192 e. The molecular weight excluding hydrogens is 452 g/mol. The van der Waals surface area contributed by atoms with Gasteiger partial charge in [0.1, 0.15) is 0 Å². The van der Waals surface area contributed by atoms with Crippen molar-refractivity contribution in [1.29, 1.82) is 0 Å². The Bertz CT molecular complexity index is 866. The van der Waals surface area contributed by atoms with E-state index in [1.165, 1.54) is 43.3 Å². The highest BCUT2D eigenvalue weighted by molar-refractivity contribution is 6.74. The zero-order chi connectivity index (χ0) is 26.9. The summed E-state index contributed by atoms with van der Waals surface area (Å²) in [7, 11) is -1.74. The summed E-state index contributed by atoms with van der Waals surface area (Å²) in [4.78, 5) is 0. The van der Waals surface area contributed by atoms with E-state index in [0.717, 1.165) is 37.0 Å². The van der Waals surface area contributed by atoms with Gasteiger partial charge in [0.25, 0.3) is 0 Å². The molecule has 0 aromatic carbocycles. The second-order valence-electron chi connectivity index (χ2n) is 14.7. The van der Waals surface area contributed by atoms with Gasteiger partial charge in [-0.15, -0.1) is 0 Å². The molecule has 0 aliphatic heterocycles. The van der Waals surface area contributed by atoms with E-state index in [9.17, 15) is 0 Å². The normalized spacial score (nSPS) is 34.1. The maximum Gasteiger partial charge on any atom is 0.192 e. The summed E-state index contributed by atoms with van der Waals surface area (Å²) in [5.41, 5.74) is 4.94. The fourth-order valence-corrected chi connectivity index (χ4v) is 8.31. The van der Waals surface area contributed by atoms with E-state index in [-0.39, 0.29) is 5.04 Å². The molecular formula is C34H58OSi. The minimum absolute atomic E-state index is 0.262. The van der Waals surface area contributed by atoms with Crippen LogP contribution in [0.2, 0.25) is 18.1 Å². The van der Waals surface area contributed by atoms with Crippen LogP contribution in [0.15, 0.2) is 47.6 Å². The second kappa shape index (κ2) is 11.5. The molecule has 1 nitrogen and oxygen atoms in total. The summed E-state index contributed by atoms with van der Waals surface area (Å²) in [6, 6.07) is 0. The zero-order valence-corrected chi connectivity index (χ0v) is 26.5. The van der Waals surface area contributed by atoms with Crippen LogP contribution in [0.3, 0.4) is 0 Å². The molecule has 0 aromatic rings. The highest BCUT2D eigenvalue weighted by Crippen LogP contribution is 2.59. The van der Waals surface area contributed by atoms with Crippen molar-refractivity contribution in [1.82, 2.24) is 0 Å². The van der Waals surface area contributed by atoms with E-state index in [1.807, 2.05) is 0 Å². The fraction of sp³-hybridized carbons (Fsp3) is 0.765. The molecule has 0 amide bonds. The third-order valence-corrected chi connectivity index (χ3v) is 15.4. The van der Waals surface area contributed by atoms with Crippen LogP contribution in [0, 0.1) is 35.0 Å². The van der Waals surface area contributed by atoms with Crippen molar-refractivity contribution in [2.45, 2.75) is 131 Å². The first kappa shape index (κ1) is 29.7. The summed E-state index contributed by atoms with van der Waals surface area (Å²) in [6.45, 7) is 28.4. The van der Waals surface area contributed by atoms with Gasteiger partial charge in [-0.1, -0.05) is 97.4 Å². The fourth-order valence-electron chi connectivity index (χ4n) is 6.93. The SMILES string of the molecule is C=C1CC[C@H](O[Si](C)(C)C(C)(C)C)C/C1=C/C=C1\CCC[C@@]2(C)C1CCC2[C@H](C)/C=C/[C@H](C)C(C)C. The molecule has 3 rings (SSSR count). The molecule has 0 spiro atoms. The Morgan fingerprint density at radius 3 is 2.33 bits per heavy atom. The Morgan fingerprint density at radius 2 is 1.69 bits per heavy atom. The van der Waals surface area contributed by atoms with Gasteiger partial charge in [-0.2, -0.15) is 0 Å². The average molecular weight is 511 g/mol. The topological polar surface area (TPSA) is 9.23 Å². The van der Waals surface area contributed by atoms with Crippen molar-refractivity contribution in [3.8, 4) is 0 Å². The lowest BCUT2D eigenvalue weighted by atomic mass is 9.61. The van der Waals surface area contributed by atoms with Gasteiger partial charge in [0.15, 0.2) is 8.32 Å². The predicted molar refractivity (Wildman–Crippen MR) is 162 cm³/mol. The standard InChI is InChI=1S/C34H58OSi/c1-24(2)25(3)14-15-27(5)31-20-21-32-28(13-12-22-34(31,32)9)17-18-29-23-30(19-16-26(29)4)35-36(10,11)33(6,7)8/h14-15,17-18,24-25,27,30-32H,4,12-13,16,19-23H2,1-3,5-11H3/b15-14+,28-17+,29-18-/t25-,27+,30-,31?,32?,34+/m0/s1. The molecule has 3 fully saturated rings.